The molecule has 0 N–H and O–H groups in total. The number of alkyl halides is 1. The number of rotatable bonds is 3. The third kappa shape index (κ3) is 2.61. The Labute approximate surface area is 123 Å². The van der Waals surface area contributed by atoms with E-state index in [2.05, 4.69) is 4.98 Å². The number of halogens is 1. The fourth-order valence-electron chi connectivity index (χ4n) is 2.11. The van der Waals surface area contributed by atoms with Gasteiger partial charge < -0.3 is 4.74 Å². The molecule has 100 valence electrons. The molecule has 0 saturated heterocycles. The molecule has 2 nitrogen and oxygen atoms in total. The van der Waals surface area contributed by atoms with E-state index in [1.54, 1.807) is 0 Å². The zero-order chi connectivity index (χ0) is 13.9. The Balaban J connectivity index is 2.01. The van der Waals surface area contributed by atoms with Crippen LogP contribution in [0.2, 0.25) is 0 Å². The molecule has 3 rings (SSSR count). The van der Waals surface area contributed by atoms with Crippen LogP contribution in [0, 0.1) is 6.92 Å². The second kappa shape index (κ2) is 5.51. The van der Waals surface area contributed by atoms with E-state index < -0.39 is 0 Å². The lowest BCUT2D eigenvalue weighted by Gasteiger charge is -2.09. The van der Waals surface area contributed by atoms with Crippen LogP contribution in [-0.4, -0.2) is 4.98 Å². The number of pyridine rings is 1. The summed E-state index contributed by atoms with van der Waals surface area (Å²) in [6.07, 6.45) is 0. The summed E-state index contributed by atoms with van der Waals surface area (Å²) in [5.41, 5.74) is 3.12. The standard InChI is InChI=1S/C17H14ClNO/c1-12-6-8-14(9-7-12)20-17-10-13(11-18)15-4-2-3-5-16(15)19-17/h2-10H,11H2,1H3. The fraction of sp³-hybridized carbons (Fsp3) is 0.118. The summed E-state index contributed by atoms with van der Waals surface area (Å²) in [6, 6.07) is 17.7. The molecule has 0 radical (unpaired) electrons. The molecule has 0 spiro atoms. The molecule has 3 heteroatoms. The van der Waals surface area contributed by atoms with Gasteiger partial charge in [-0.1, -0.05) is 35.9 Å². The molecule has 3 aromatic rings. The van der Waals surface area contributed by atoms with E-state index in [1.807, 2.05) is 61.5 Å². The average molecular weight is 284 g/mol. The predicted octanol–water partition coefficient (Wildman–Crippen LogP) is 5.07. The van der Waals surface area contributed by atoms with Gasteiger partial charge in [-0.05, 0) is 30.7 Å². The number of hydrogen-bond acceptors (Lipinski definition) is 2. The summed E-state index contributed by atoms with van der Waals surface area (Å²) in [5.74, 6) is 1.79. The Bertz CT molecular complexity index is 738. The molecule has 0 saturated carbocycles. The fourth-order valence-corrected chi connectivity index (χ4v) is 2.33. The predicted molar refractivity (Wildman–Crippen MR) is 82.6 cm³/mol. The van der Waals surface area contributed by atoms with Crippen molar-refractivity contribution in [3.63, 3.8) is 0 Å². The number of nitrogens with zero attached hydrogens (tertiary/aromatic N) is 1. The maximum absolute atomic E-state index is 6.02. The highest BCUT2D eigenvalue weighted by molar-refractivity contribution is 6.18. The molecule has 0 atom stereocenters. The molecule has 0 bridgehead atoms. The van der Waals surface area contributed by atoms with Gasteiger partial charge in [0.05, 0.1) is 5.52 Å². The lowest BCUT2D eigenvalue weighted by molar-refractivity contribution is 0.464. The normalized spacial score (nSPS) is 10.7. The van der Waals surface area contributed by atoms with E-state index in [-0.39, 0.29) is 0 Å². The number of para-hydroxylation sites is 1. The Morgan fingerprint density at radius 1 is 1.05 bits per heavy atom. The molecule has 1 aromatic heterocycles. The van der Waals surface area contributed by atoms with Crippen molar-refractivity contribution in [1.82, 2.24) is 4.98 Å². The highest BCUT2D eigenvalue weighted by Crippen LogP contribution is 2.26. The van der Waals surface area contributed by atoms with Crippen molar-refractivity contribution < 1.29 is 4.74 Å². The number of ether oxygens (including phenoxy) is 1. The summed E-state index contributed by atoms with van der Waals surface area (Å²) in [4.78, 5) is 4.52. The molecule has 20 heavy (non-hydrogen) atoms. The van der Waals surface area contributed by atoms with E-state index in [1.165, 1.54) is 5.56 Å². The van der Waals surface area contributed by atoms with Crippen LogP contribution in [-0.2, 0) is 5.88 Å². The van der Waals surface area contributed by atoms with Crippen LogP contribution in [0.25, 0.3) is 10.9 Å². The molecule has 0 aliphatic heterocycles. The van der Waals surface area contributed by atoms with Crippen LogP contribution in [0.1, 0.15) is 11.1 Å². The molecule has 0 unspecified atom stereocenters. The Morgan fingerprint density at radius 2 is 1.80 bits per heavy atom. The Morgan fingerprint density at radius 3 is 2.55 bits per heavy atom. The van der Waals surface area contributed by atoms with Crippen LogP contribution in [0.4, 0.5) is 0 Å². The summed E-state index contributed by atoms with van der Waals surface area (Å²) in [6.45, 7) is 2.05. The summed E-state index contributed by atoms with van der Waals surface area (Å²) < 4.78 is 5.81. The van der Waals surface area contributed by atoms with Crippen molar-refractivity contribution in [3.8, 4) is 11.6 Å². The van der Waals surface area contributed by atoms with E-state index in [0.717, 1.165) is 22.2 Å². The zero-order valence-corrected chi connectivity index (χ0v) is 11.9. The van der Waals surface area contributed by atoms with Gasteiger partial charge >= 0.3 is 0 Å². The van der Waals surface area contributed by atoms with Gasteiger partial charge in [-0.3, -0.25) is 0 Å². The quantitative estimate of drug-likeness (QED) is 0.626. The number of aryl methyl sites for hydroxylation is 1. The van der Waals surface area contributed by atoms with Crippen molar-refractivity contribution in [2.75, 3.05) is 0 Å². The number of aromatic nitrogens is 1. The van der Waals surface area contributed by atoms with Gasteiger partial charge in [0.25, 0.3) is 0 Å². The van der Waals surface area contributed by atoms with Crippen LogP contribution >= 0.6 is 11.6 Å². The van der Waals surface area contributed by atoms with Crippen molar-refractivity contribution in [3.05, 3.63) is 65.7 Å². The van der Waals surface area contributed by atoms with E-state index >= 15 is 0 Å². The molecule has 0 fully saturated rings. The highest BCUT2D eigenvalue weighted by atomic mass is 35.5. The van der Waals surface area contributed by atoms with Gasteiger partial charge in [-0.2, -0.15) is 0 Å². The van der Waals surface area contributed by atoms with E-state index in [9.17, 15) is 0 Å². The second-order valence-corrected chi connectivity index (χ2v) is 4.95. The van der Waals surface area contributed by atoms with Crippen molar-refractivity contribution in [1.29, 1.82) is 0 Å². The Hall–Kier alpha value is -2.06. The van der Waals surface area contributed by atoms with Crippen molar-refractivity contribution in [2.45, 2.75) is 12.8 Å². The van der Waals surface area contributed by atoms with Crippen LogP contribution in [0.15, 0.2) is 54.6 Å². The maximum atomic E-state index is 6.02. The number of benzene rings is 2. The minimum Gasteiger partial charge on any atom is -0.439 e. The SMILES string of the molecule is Cc1ccc(Oc2cc(CCl)c3ccccc3n2)cc1. The number of hydrogen-bond donors (Lipinski definition) is 0. The smallest absolute Gasteiger partial charge is 0.220 e. The first-order valence-electron chi connectivity index (χ1n) is 6.45. The van der Waals surface area contributed by atoms with E-state index in [0.29, 0.717) is 11.8 Å². The maximum Gasteiger partial charge on any atom is 0.220 e. The summed E-state index contributed by atoms with van der Waals surface area (Å²) >= 11 is 6.02. The molecule has 2 aromatic carbocycles. The minimum absolute atomic E-state index is 0.438. The average Bonchev–Trinajstić information content (AvgIpc) is 2.49. The second-order valence-electron chi connectivity index (χ2n) is 4.69. The van der Waals surface area contributed by atoms with Gasteiger partial charge in [0, 0.05) is 17.3 Å². The van der Waals surface area contributed by atoms with Crippen molar-refractivity contribution >= 4 is 22.5 Å². The van der Waals surface area contributed by atoms with Gasteiger partial charge in [0.1, 0.15) is 5.75 Å². The summed E-state index contributed by atoms with van der Waals surface area (Å²) in [5, 5.41) is 1.07. The lowest BCUT2D eigenvalue weighted by Crippen LogP contribution is -1.92. The van der Waals surface area contributed by atoms with Gasteiger partial charge in [-0.25, -0.2) is 4.98 Å². The highest BCUT2D eigenvalue weighted by Gasteiger charge is 2.06. The molecular weight excluding hydrogens is 270 g/mol. The molecule has 1 heterocycles. The Kier molecular flexibility index (Phi) is 3.57. The third-order valence-electron chi connectivity index (χ3n) is 3.17. The van der Waals surface area contributed by atoms with Crippen LogP contribution in [0.3, 0.4) is 0 Å². The largest absolute Gasteiger partial charge is 0.439 e. The molecule has 0 amide bonds. The molecule has 0 aliphatic carbocycles. The van der Waals surface area contributed by atoms with E-state index in [4.69, 9.17) is 16.3 Å². The molecular formula is C17H14ClNO. The van der Waals surface area contributed by atoms with Crippen LogP contribution < -0.4 is 4.74 Å². The van der Waals surface area contributed by atoms with Crippen molar-refractivity contribution in [2.24, 2.45) is 0 Å². The van der Waals surface area contributed by atoms with Crippen LogP contribution in [0.5, 0.6) is 11.6 Å². The lowest BCUT2D eigenvalue weighted by atomic mass is 10.1. The minimum atomic E-state index is 0.438. The first kappa shape index (κ1) is 12.9. The molecule has 0 aliphatic rings. The monoisotopic (exact) mass is 283 g/mol. The summed E-state index contributed by atoms with van der Waals surface area (Å²) in [7, 11) is 0. The van der Waals surface area contributed by atoms with Gasteiger partial charge in [0.2, 0.25) is 5.88 Å². The topological polar surface area (TPSA) is 22.1 Å². The zero-order valence-electron chi connectivity index (χ0n) is 11.1. The first-order valence-corrected chi connectivity index (χ1v) is 6.99. The van der Waals surface area contributed by atoms with Gasteiger partial charge in [-0.15, -0.1) is 11.6 Å². The first-order chi connectivity index (χ1) is 9.76. The van der Waals surface area contributed by atoms with Gasteiger partial charge in [0.15, 0.2) is 0 Å². The third-order valence-corrected chi connectivity index (χ3v) is 3.45. The number of fused-ring (bicyclic) bond motifs is 1.